The Balaban J connectivity index is 0.000000267. The van der Waals surface area contributed by atoms with Crippen LogP contribution < -0.4 is 5.32 Å². The standard InChI is InChI=1S/C13H13S.C4H9NO.Ru/c1-14(12-8-4-2-5-9-12)13-10-6-3-7-11-13;1-3-6-4-2-5-1;/h2-11H,1H3;5H,1-4H2;/q+1;;. The van der Waals surface area contributed by atoms with Crippen LogP contribution in [-0.4, -0.2) is 32.6 Å². The Morgan fingerprint density at radius 1 is 0.810 bits per heavy atom. The Labute approximate surface area is 143 Å². The van der Waals surface area contributed by atoms with E-state index in [4.69, 9.17) is 4.74 Å². The Hall–Kier alpha value is -0.667. The molecule has 0 amide bonds. The minimum atomic E-state index is 0. The summed E-state index contributed by atoms with van der Waals surface area (Å²) in [6, 6.07) is 21.3. The molecule has 2 aromatic carbocycles. The zero-order valence-electron chi connectivity index (χ0n) is 12.3. The Bertz CT molecular complexity index is 426. The van der Waals surface area contributed by atoms with E-state index in [1.807, 2.05) is 0 Å². The molecule has 0 spiro atoms. The molecule has 114 valence electrons. The smallest absolute Gasteiger partial charge is 0.160 e. The maximum atomic E-state index is 5.01. The van der Waals surface area contributed by atoms with Crippen LogP contribution in [0.25, 0.3) is 0 Å². The third kappa shape index (κ3) is 6.75. The van der Waals surface area contributed by atoms with E-state index < -0.39 is 0 Å². The van der Waals surface area contributed by atoms with Crippen LogP contribution in [0.1, 0.15) is 0 Å². The monoisotopic (exact) mass is 390 g/mol. The van der Waals surface area contributed by atoms with Crippen molar-refractivity contribution in [1.29, 1.82) is 0 Å². The summed E-state index contributed by atoms with van der Waals surface area (Å²) in [6.45, 7) is 3.83. The minimum Gasteiger partial charge on any atom is -0.379 e. The number of rotatable bonds is 2. The van der Waals surface area contributed by atoms with E-state index in [-0.39, 0.29) is 30.4 Å². The van der Waals surface area contributed by atoms with Gasteiger partial charge in [-0.25, -0.2) is 0 Å². The predicted octanol–water partition coefficient (Wildman–Crippen LogP) is 2.96. The molecule has 0 radical (unpaired) electrons. The summed E-state index contributed by atoms with van der Waals surface area (Å²) in [5, 5.41) is 3.16. The van der Waals surface area contributed by atoms with Crippen LogP contribution in [0.3, 0.4) is 0 Å². The van der Waals surface area contributed by atoms with Gasteiger partial charge in [-0.3, -0.25) is 0 Å². The van der Waals surface area contributed by atoms with Gasteiger partial charge < -0.3 is 10.1 Å². The van der Waals surface area contributed by atoms with E-state index in [1.54, 1.807) is 0 Å². The average molecular weight is 390 g/mol. The van der Waals surface area contributed by atoms with Crippen molar-refractivity contribution in [2.75, 3.05) is 32.6 Å². The number of benzene rings is 2. The van der Waals surface area contributed by atoms with E-state index in [1.165, 1.54) is 9.79 Å². The molecule has 1 saturated heterocycles. The van der Waals surface area contributed by atoms with Crippen LogP contribution in [0.15, 0.2) is 70.5 Å². The molecule has 3 rings (SSSR count). The Morgan fingerprint density at radius 3 is 1.52 bits per heavy atom. The van der Waals surface area contributed by atoms with Gasteiger partial charge in [0.1, 0.15) is 6.26 Å². The molecule has 1 aliphatic heterocycles. The average Bonchev–Trinajstić information content (AvgIpc) is 2.58. The molecule has 0 bridgehead atoms. The molecular formula is C17H22NORuS+. The van der Waals surface area contributed by atoms with E-state index >= 15 is 0 Å². The van der Waals surface area contributed by atoms with E-state index in [9.17, 15) is 0 Å². The van der Waals surface area contributed by atoms with Crippen molar-refractivity contribution in [2.24, 2.45) is 0 Å². The van der Waals surface area contributed by atoms with Crippen molar-refractivity contribution in [2.45, 2.75) is 9.79 Å². The van der Waals surface area contributed by atoms with Crippen molar-refractivity contribution in [1.82, 2.24) is 5.32 Å². The molecular weight excluding hydrogens is 367 g/mol. The topological polar surface area (TPSA) is 21.3 Å². The van der Waals surface area contributed by atoms with Gasteiger partial charge in [0, 0.05) is 32.6 Å². The molecule has 0 atom stereocenters. The van der Waals surface area contributed by atoms with Crippen LogP contribution >= 0.6 is 0 Å². The van der Waals surface area contributed by atoms with Crippen molar-refractivity contribution >= 4 is 10.9 Å². The molecule has 0 aromatic heterocycles. The van der Waals surface area contributed by atoms with Crippen LogP contribution in [0, 0.1) is 0 Å². The van der Waals surface area contributed by atoms with Gasteiger partial charge in [0.05, 0.1) is 24.1 Å². The molecule has 21 heavy (non-hydrogen) atoms. The zero-order chi connectivity index (χ0) is 14.0. The predicted molar refractivity (Wildman–Crippen MR) is 86.4 cm³/mol. The molecule has 2 nitrogen and oxygen atoms in total. The fourth-order valence-corrected chi connectivity index (χ4v) is 3.30. The maximum Gasteiger partial charge on any atom is 0.160 e. The van der Waals surface area contributed by atoms with Gasteiger partial charge in [-0.2, -0.15) is 0 Å². The number of nitrogens with one attached hydrogen (secondary N) is 1. The second-order valence-electron chi connectivity index (χ2n) is 4.50. The normalized spacial score (nSPS) is 13.8. The van der Waals surface area contributed by atoms with Crippen LogP contribution in [-0.2, 0) is 35.1 Å². The largest absolute Gasteiger partial charge is 0.379 e. The molecule has 4 heteroatoms. The van der Waals surface area contributed by atoms with Gasteiger partial charge in [-0.05, 0) is 24.3 Å². The first-order chi connectivity index (χ1) is 9.88. The molecule has 0 saturated carbocycles. The number of hydrogen-bond acceptors (Lipinski definition) is 2. The van der Waals surface area contributed by atoms with Gasteiger partial charge in [0.15, 0.2) is 9.79 Å². The Kier molecular flexibility index (Phi) is 9.61. The van der Waals surface area contributed by atoms with Crippen molar-refractivity contribution < 1.29 is 24.2 Å². The summed E-state index contributed by atoms with van der Waals surface area (Å²) >= 11 is 0. The van der Waals surface area contributed by atoms with E-state index in [2.05, 4.69) is 72.2 Å². The van der Waals surface area contributed by atoms with Crippen molar-refractivity contribution in [3.8, 4) is 0 Å². The number of hydrogen-bond donors (Lipinski definition) is 1. The molecule has 0 aliphatic carbocycles. The summed E-state index contributed by atoms with van der Waals surface area (Å²) < 4.78 is 5.01. The van der Waals surface area contributed by atoms with Gasteiger partial charge >= 0.3 is 0 Å². The van der Waals surface area contributed by atoms with Gasteiger partial charge in [0.25, 0.3) is 0 Å². The molecule has 1 fully saturated rings. The maximum absolute atomic E-state index is 5.01. The summed E-state index contributed by atoms with van der Waals surface area (Å²) in [6.07, 6.45) is 2.27. The first-order valence-corrected chi connectivity index (χ1v) is 8.56. The van der Waals surface area contributed by atoms with Gasteiger partial charge in [-0.15, -0.1) is 0 Å². The fourth-order valence-electron chi connectivity index (χ4n) is 1.90. The molecule has 1 heterocycles. The Morgan fingerprint density at radius 2 is 1.24 bits per heavy atom. The fraction of sp³-hybridized carbons (Fsp3) is 0.294. The second kappa shape index (κ2) is 11.0. The first-order valence-electron chi connectivity index (χ1n) is 6.92. The summed E-state index contributed by atoms with van der Waals surface area (Å²) in [4.78, 5) is 2.80. The zero-order valence-corrected chi connectivity index (χ0v) is 14.8. The van der Waals surface area contributed by atoms with Crippen molar-refractivity contribution in [3.63, 3.8) is 0 Å². The second-order valence-corrected chi connectivity index (χ2v) is 6.46. The minimum absolute atomic E-state index is 0. The van der Waals surface area contributed by atoms with Crippen LogP contribution in [0.4, 0.5) is 0 Å². The SMILES string of the molecule is C1COCCN1.C[S+](c1ccccc1)c1ccccc1.[Ru]. The van der Waals surface area contributed by atoms with Crippen molar-refractivity contribution in [3.05, 3.63) is 60.7 Å². The third-order valence-electron chi connectivity index (χ3n) is 3.04. The summed E-state index contributed by atoms with van der Waals surface area (Å²) in [5.41, 5.74) is 0. The molecule has 0 unspecified atom stereocenters. The van der Waals surface area contributed by atoms with E-state index in [0.29, 0.717) is 0 Å². The number of morpholine rings is 1. The molecule has 1 aliphatic rings. The quantitative estimate of drug-likeness (QED) is 0.630. The number of ether oxygens (including phenoxy) is 1. The van der Waals surface area contributed by atoms with Gasteiger partial charge in [0.2, 0.25) is 0 Å². The molecule has 1 N–H and O–H groups in total. The third-order valence-corrected chi connectivity index (χ3v) is 5.00. The summed E-state index contributed by atoms with van der Waals surface area (Å²) in [5.74, 6) is 0. The van der Waals surface area contributed by atoms with Crippen LogP contribution in [0.2, 0.25) is 0 Å². The van der Waals surface area contributed by atoms with E-state index in [0.717, 1.165) is 26.3 Å². The van der Waals surface area contributed by atoms with Crippen LogP contribution in [0.5, 0.6) is 0 Å². The summed E-state index contributed by atoms with van der Waals surface area (Å²) in [7, 11) is 0.203. The first kappa shape index (κ1) is 18.4. The molecule has 2 aromatic rings. The van der Waals surface area contributed by atoms with Gasteiger partial charge in [-0.1, -0.05) is 36.4 Å².